The molecule has 0 unspecified atom stereocenters. The van der Waals surface area contributed by atoms with Crippen LogP contribution >= 0.6 is 0 Å². The van der Waals surface area contributed by atoms with E-state index in [1.165, 1.54) is 6.20 Å². The number of nitrogen functional groups attached to an aromatic ring is 1. The maximum absolute atomic E-state index is 10.4. The average Bonchev–Trinajstić information content (AvgIpc) is 2.17. The van der Waals surface area contributed by atoms with E-state index in [0.717, 1.165) is 0 Å². The van der Waals surface area contributed by atoms with Crippen LogP contribution in [0.4, 0.5) is 5.69 Å². The summed E-state index contributed by atoms with van der Waals surface area (Å²) >= 11 is 0. The number of nitrogens with zero attached hydrogens (tertiary/aromatic N) is 2. The number of aldehydes is 1. The van der Waals surface area contributed by atoms with Crippen LogP contribution in [0.2, 0.25) is 0 Å². The number of aromatic nitrogens is 2. The number of carbonyl (C=O) groups excluding carboxylic acids is 1. The Kier molecular flexibility index (Phi) is 1.66. The third kappa shape index (κ3) is 1.33. The zero-order valence-corrected chi connectivity index (χ0v) is 6.77. The summed E-state index contributed by atoms with van der Waals surface area (Å²) in [7, 11) is 0. The summed E-state index contributed by atoms with van der Waals surface area (Å²) in [5.41, 5.74) is 7.91. The predicted octanol–water partition coefficient (Wildman–Crippen LogP) is 1.02. The van der Waals surface area contributed by atoms with Gasteiger partial charge in [0.15, 0.2) is 6.29 Å². The van der Waals surface area contributed by atoms with Gasteiger partial charge in [0.25, 0.3) is 0 Å². The zero-order chi connectivity index (χ0) is 9.26. The number of rotatable bonds is 1. The molecule has 13 heavy (non-hydrogen) atoms. The smallest absolute Gasteiger partial charge is 0.170 e. The molecule has 0 saturated carbocycles. The topological polar surface area (TPSA) is 68.9 Å². The second kappa shape index (κ2) is 2.82. The predicted molar refractivity (Wildman–Crippen MR) is 49.3 cm³/mol. The lowest BCUT2D eigenvalue weighted by Gasteiger charge is -1.97. The van der Waals surface area contributed by atoms with Crippen molar-refractivity contribution in [3.63, 3.8) is 0 Å². The van der Waals surface area contributed by atoms with Crippen LogP contribution in [-0.4, -0.2) is 16.3 Å². The van der Waals surface area contributed by atoms with E-state index in [4.69, 9.17) is 5.73 Å². The number of hydrogen-bond acceptors (Lipinski definition) is 4. The number of carbonyl (C=O) groups is 1. The highest BCUT2D eigenvalue weighted by atomic mass is 16.1. The highest BCUT2D eigenvalue weighted by Gasteiger charge is 1.98. The molecule has 0 aliphatic rings. The minimum atomic E-state index is 0.331. The lowest BCUT2D eigenvalue weighted by Crippen LogP contribution is -1.92. The van der Waals surface area contributed by atoms with E-state index in [1.54, 1.807) is 18.2 Å². The molecule has 0 bridgehead atoms. The van der Waals surface area contributed by atoms with Crippen molar-refractivity contribution in [3.05, 3.63) is 30.1 Å². The Morgan fingerprint density at radius 2 is 2.15 bits per heavy atom. The molecule has 1 heterocycles. The molecular weight excluding hydrogens is 166 g/mol. The average molecular weight is 173 g/mol. The summed E-state index contributed by atoms with van der Waals surface area (Å²) < 4.78 is 0. The molecule has 2 aromatic rings. The van der Waals surface area contributed by atoms with Gasteiger partial charge in [-0.05, 0) is 18.2 Å². The number of anilines is 1. The Labute approximate surface area is 74.4 Å². The Morgan fingerprint density at radius 1 is 1.31 bits per heavy atom. The van der Waals surface area contributed by atoms with Gasteiger partial charge in [-0.2, -0.15) is 0 Å². The monoisotopic (exact) mass is 173 g/mol. The fraction of sp³-hybridized carbons (Fsp3) is 0. The molecule has 2 rings (SSSR count). The van der Waals surface area contributed by atoms with Crippen LogP contribution in [0.15, 0.2) is 24.4 Å². The van der Waals surface area contributed by atoms with Gasteiger partial charge in [0.2, 0.25) is 0 Å². The molecule has 4 heteroatoms. The van der Waals surface area contributed by atoms with Gasteiger partial charge in [0.05, 0.1) is 17.2 Å². The summed E-state index contributed by atoms with van der Waals surface area (Å²) in [5, 5.41) is 0. The molecule has 2 N–H and O–H groups in total. The first-order valence-electron chi connectivity index (χ1n) is 3.77. The van der Waals surface area contributed by atoms with E-state index in [2.05, 4.69) is 9.97 Å². The Bertz CT molecular complexity index is 467. The Hall–Kier alpha value is -1.97. The van der Waals surface area contributed by atoms with Gasteiger partial charge in [-0.15, -0.1) is 0 Å². The summed E-state index contributed by atoms with van der Waals surface area (Å²) in [5.74, 6) is 0. The molecule has 0 saturated heterocycles. The van der Waals surface area contributed by atoms with Crippen LogP contribution in [-0.2, 0) is 0 Å². The fourth-order valence-corrected chi connectivity index (χ4v) is 1.10. The number of fused-ring (bicyclic) bond motifs is 1. The maximum atomic E-state index is 10.4. The van der Waals surface area contributed by atoms with Crippen molar-refractivity contribution in [2.75, 3.05) is 5.73 Å². The van der Waals surface area contributed by atoms with Gasteiger partial charge in [0.1, 0.15) is 5.69 Å². The summed E-state index contributed by atoms with van der Waals surface area (Å²) in [4.78, 5) is 18.5. The van der Waals surface area contributed by atoms with Gasteiger partial charge in [-0.3, -0.25) is 9.78 Å². The van der Waals surface area contributed by atoms with Gasteiger partial charge in [0, 0.05) is 5.69 Å². The van der Waals surface area contributed by atoms with E-state index >= 15 is 0 Å². The first-order valence-corrected chi connectivity index (χ1v) is 3.77. The van der Waals surface area contributed by atoms with Crippen LogP contribution in [0, 0.1) is 0 Å². The maximum Gasteiger partial charge on any atom is 0.170 e. The molecule has 0 spiro atoms. The van der Waals surface area contributed by atoms with Gasteiger partial charge in [-0.1, -0.05) is 0 Å². The molecule has 4 nitrogen and oxygen atoms in total. The number of hydrogen-bond donors (Lipinski definition) is 1. The van der Waals surface area contributed by atoms with Crippen LogP contribution in [0.3, 0.4) is 0 Å². The molecule has 1 aromatic carbocycles. The summed E-state index contributed by atoms with van der Waals surface area (Å²) in [6.07, 6.45) is 2.09. The van der Waals surface area contributed by atoms with Crippen LogP contribution in [0.5, 0.6) is 0 Å². The molecule has 0 aliphatic carbocycles. The molecule has 0 aliphatic heterocycles. The molecule has 0 radical (unpaired) electrons. The number of benzene rings is 1. The molecule has 1 aromatic heterocycles. The zero-order valence-electron chi connectivity index (χ0n) is 6.77. The van der Waals surface area contributed by atoms with Gasteiger partial charge in [-0.25, -0.2) is 4.98 Å². The highest BCUT2D eigenvalue weighted by molar-refractivity contribution is 5.81. The van der Waals surface area contributed by atoms with Crippen molar-refractivity contribution in [3.8, 4) is 0 Å². The van der Waals surface area contributed by atoms with Crippen LogP contribution in [0.25, 0.3) is 11.0 Å². The lowest BCUT2D eigenvalue weighted by atomic mass is 10.2. The van der Waals surface area contributed by atoms with E-state index in [9.17, 15) is 4.79 Å². The van der Waals surface area contributed by atoms with Crippen molar-refractivity contribution >= 4 is 23.0 Å². The first kappa shape index (κ1) is 7.67. The van der Waals surface area contributed by atoms with Gasteiger partial charge >= 0.3 is 0 Å². The van der Waals surface area contributed by atoms with Crippen molar-refractivity contribution in [1.29, 1.82) is 0 Å². The SMILES string of the molecule is Nc1ccc2nc(C=O)cnc2c1. The van der Waals surface area contributed by atoms with Crippen molar-refractivity contribution in [1.82, 2.24) is 9.97 Å². The van der Waals surface area contributed by atoms with Crippen LogP contribution < -0.4 is 5.73 Å². The molecule has 0 fully saturated rings. The van der Waals surface area contributed by atoms with E-state index in [1.807, 2.05) is 0 Å². The molecule has 64 valence electrons. The van der Waals surface area contributed by atoms with Gasteiger partial charge < -0.3 is 5.73 Å². The van der Waals surface area contributed by atoms with E-state index < -0.39 is 0 Å². The van der Waals surface area contributed by atoms with Crippen molar-refractivity contribution < 1.29 is 4.79 Å². The molecular formula is C9H7N3O. The van der Waals surface area contributed by atoms with Crippen molar-refractivity contribution in [2.24, 2.45) is 0 Å². The van der Waals surface area contributed by atoms with E-state index in [-0.39, 0.29) is 0 Å². The second-order valence-corrected chi connectivity index (χ2v) is 2.66. The van der Waals surface area contributed by atoms with Crippen molar-refractivity contribution in [2.45, 2.75) is 0 Å². The normalized spacial score (nSPS) is 10.2. The third-order valence-corrected chi connectivity index (χ3v) is 1.71. The van der Waals surface area contributed by atoms with Crippen LogP contribution in [0.1, 0.15) is 10.5 Å². The quantitative estimate of drug-likeness (QED) is 0.516. The summed E-state index contributed by atoms with van der Waals surface area (Å²) in [6, 6.07) is 5.19. The highest BCUT2D eigenvalue weighted by Crippen LogP contribution is 2.12. The Morgan fingerprint density at radius 3 is 2.92 bits per heavy atom. The lowest BCUT2D eigenvalue weighted by molar-refractivity contribution is 0.111. The summed E-state index contributed by atoms with van der Waals surface area (Å²) in [6.45, 7) is 0. The molecule has 0 amide bonds. The minimum Gasteiger partial charge on any atom is -0.399 e. The minimum absolute atomic E-state index is 0.331. The largest absolute Gasteiger partial charge is 0.399 e. The first-order chi connectivity index (χ1) is 6.29. The molecule has 0 atom stereocenters. The standard InChI is InChI=1S/C9H7N3O/c10-6-1-2-8-9(3-6)11-4-7(5-13)12-8/h1-5H,10H2. The Balaban J connectivity index is 2.73. The fourth-order valence-electron chi connectivity index (χ4n) is 1.10. The van der Waals surface area contributed by atoms with E-state index in [0.29, 0.717) is 28.7 Å². The number of nitrogens with two attached hydrogens (primary N) is 1. The second-order valence-electron chi connectivity index (χ2n) is 2.66. The third-order valence-electron chi connectivity index (χ3n) is 1.71.